The van der Waals surface area contributed by atoms with Crippen LogP contribution in [0.2, 0.25) is 0 Å². The third-order valence-corrected chi connectivity index (χ3v) is 8.20. The molecule has 5 atom stereocenters. The Morgan fingerprint density at radius 3 is 2.33 bits per heavy atom. The molecular formula is C32H45N3O5. The molecule has 2 N–H and O–H groups in total. The number of carbonyl (C=O) groups excluding carboxylic acids is 1. The quantitative estimate of drug-likeness (QED) is 0.493. The van der Waals surface area contributed by atoms with Gasteiger partial charge >= 0.3 is 5.97 Å². The SMILES string of the molecule is COc1nc(C(C)(C)C)ccc1CN[C@H]1[C@H](C(C)(C)C)[C@@H](C(=O)O)N(C(=O)[C@H]2CCCCO2)[C@H]1c1ccccc1. The lowest BCUT2D eigenvalue weighted by atomic mass is 9.72. The van der Waals surface area contributed by atoms with Crippen molar-refractivity contribution < 1.29 is 24.2 Å². The summed E-state index contributed by atoms with van der Waals surface area (Å²) in [4.78, 5) is 33.5. The van der Waals surface area contributed by atoms with E-state index in [2.05, 4.69) is 46.9 Å². The molecule has 0 radical (unpaired) electrons. The third-order valence-electron chi connectivity index (χ3n) is 8.20. The Kier molecular flexibility index (Phi) is 8.90. The Bertz CT molecular complexity index is 1180. The van der Waals surface area contributed by atoms with Crippen molar-refractivity contribution in [3.63, 3.8) is 0 Å². The molecule has 2 saturated heterocycles. The predicted molar refractivity (Wildman–Crippen MR) is 154 cm³/mol. The fourth-order valence-electron chi connectivity index (χ4n) is 6.26. The van der Waals surface area contributed by atoms with Crippen molar-refractivity contribution in [3.05, 3.63) is 59.3 Å². The summed E-state index contributed by atoms with van der Waals surface area (Å²) in [6, 6.07) is 11.9. The molecule has 8 heteroatoms. The molecule has 40 heavy (non-hydrogen) atoms. The summed E-state index contributed by atoms with van der Waals surface area (Å²) < 4.78 is 11.6. The number of rotatable bonds is 7. The molecule has 1 aromatic heterocycles. The number of hydrogen-bond acceptors (Lipinski definition) is 6. The number of methoxy groups -OCH3 is 1. The van der Waals surface area contributed by atoms with Crippen LogP contribution < -0.4 is 10.1 Å². The fraction of sp³-hybridized carbons (Fsp3) is 0.594. The summed E-state index contributed by atoms with van der Waals surface area (Å²) in [6.07, 6.45) is 1.77. The van der Waals surface area contributed by atoms with Crippen molar-refractivity contribution in [1.29, 1.82) is 0 Å². The molecule has 0 unspecified atom stereocenters. The molecular weight excluding hydrogens is 506 g/mol. The smallest absolute Gasteiger partial charge is 0.326 e. The number of carboxylic acids is 1. The van der Waals surface area contributed by atoms with Crippen molar-refractivity contribution in [1.82, 2.24) is 15.2 Å². The number of likely N-dealkylation sites (tertiary alicyclic amines) is 1. The minimum atomic E-state index is -1.01. The van der Waals surface area contributed by atoms with Gasteiger partial charge in [-0.3, -0.25) is 4.79 Å². The zero-order chi connectivity index (χ0) is 29.2. The number of pyridine rings is 1. The Morgan fingerprint density at radius 1 is 1.07 bits per heavy atom. The van der Waals surface area contributed by atoms with E-state index < -0.39 is 29.6 Å². The Morgan fingerprint density at radius 2 is 1.77 bits per heavy atom. The Labute approximate surface area is 238 Å². The minimum Gasteiger partial charge on any atom is -0.481 e. The lowest BCUT2D eigenvalue weighted by Crippen LogP contribution is -2.51. The summed E-state index contributed by atoms with van der Waals surface area (Å²) in [5.74, 6) is -1.08. The van der Waals surface area contributed by atoms with Crippen LogP contribution in [0.3, 0.4) is 0 Å². The van der Waals surface area contributed by atoms with E-state index in [1.807, 2.05) is 42.5 Å². The summed E-state index contributed by atoms with van der Waals surface area (Å²) >= 11 is 0. The van der Waals surface area contributed by atoms with E-state index in [0.717, 1.165) is 29.7 Å². The maximum Gasteiger partial charge on any atom is 0.326 e. The van der Waals surface area contributed by atoms with E-state index in [0.29, 0.717) is 25.5 Å². The first kappa shape index (κ1) is 30.0. The van der Waals surface area contributed by atoms with Crippen LogP contribution in [0.1, 0.15) is 83.7 Å². The highest BCUT2D eigenvalue weighted by Gasteiger charge is 2.58. The van der Waals surface area contributed by atoms with Gasteiger partial charge in [-0.05, 0) is 36.3 Å². The van der Waals surface area contributed by atoms with E-state index >= 15 is 0 Å². The average Bonchev–Trinajstić information content (AvgIpc) is 3.28. The van der Waals surface area contributed by atoms with Crippen molar-refractivity contribution >= 4 is 11.9 Å². The molecule has 1 aromatic carbocycles. The Hall–Kier alpha value is -2.97. The molecule has 0 spiro atoms. The summed E-state index contributed by atoms with van der Waals surface area (Å²) in [5, 5.41) is 14.3. The Balaban J connectivity index is 1.78. The van der Waals surface area contributed by atoms with Crippen LogP contribution in [-0.4, -0.2) is 58.8 Å². The molecule has 2 fully saturated rings. The molecule has 1 amide bonds. The summed E-state index contributed by atoms with van der Waals surface area (Å²) in [6.45, 7) is 13.4. The molecule has 3 heterocycles. The number of carbonyl (C=O) groups is 2. The predicted octanol–water partition coefficient (Wildman–Crippen LogP) is 5.11. The number of carboxylic acid groups (broad SMARTS) is 1. The highest BCUT2D eigenvalue weighted by molar-refractivity contribution is 5.88. The molecule has 2 aromatic rings. The number of benzene rings is 1. The molecule has 4 rings (SSSR count). The number of nitrogens with zero attached hydrogens (tertiary/aromatic N) is 2. The second-order valence-corrected chi connectivity index (χ2v) is 13.2. The van der Waals surface area contributed by atoms with E-state index in [1.165, 1.54) is 0 Å². The molecule has 0 saturated carbocycles. The first-order valence-electron chi connectivity index (χ1n) is 14.3. The van der Waals surface area contributed by atoms with Crippen molar-refractivity contribution in [2.45, 2.75) is 97.0 Å². The molecule has 0 bridgehead atoms. The highest BCUT2D eigenvalue weighted by atomic mass is 16.5. The van der Waals surface area contributed by atoms with Crippen LogP contribution in [0.25, 0.3) is 0 Å². The number of ether oxygens (including phenoxy) is 2. The third kappa shape index (κ3) is 6.18. The van der Waals surface area contributed by atoms with Crippen LogP contribution in [0.15, 0.2) is 42.5 Å². The van der Waals surface area contributed by atoms with Crippen LogP contribution in [0.4, 0.5) is 0 Å². The minimum absolute atomic E-state index is 0.128. The largest absolute Gasteiger partial charge is 0.481 e. The van der Waals surface area contributed by atoms with Gasteiger partial charge in [0.1, 0.15) is 12.1 Å². The van der Waals surface area contributed by atoms with Crippen molar-refractivity contribution in [3.8, 4) is 5.88 Å². The topological polar surface area (TPSA) is 101 Å². The number of aromatic nitrogens is 1. The van der Waals surface area contributed by atoms with E-state index in [1.54, 1.807) is 12.0 Å². The number of nitrogens with one attached hydrogen (secondary N) is 1. The zero-order valence-electron chi connectivity index (χ0n) is 24.9. The summed E-state index contributed by atoms with van der Waals surface area (Å²) in [5.41, 5.74) is 2.16. The average molecular weight is 552 g/mol. The van der Waals surface area contributed by atoms with Gasteiger partial charge in [0.2, 0.25) is 5.88 Å². The number of amides is 1. The second kappa shape index (κ2) is 11.9. The first-order valence-corrected chi connectivity index (χ1v) is 14.3. The molecule has 2 aliphatic rings. The summed E-state index contributed by atoms with van der Waals surface area (Å²) in [7, 11) is 1.61. The van der Waals surface area contributed by atoms with Crippen molar-refractivity contribution in [2.75, 3.05) is 13.7 Å². The first-order chi connectivity index (χ1) is 18.8. The molecule has 0 aliphatic carbocycles. The lowest BCUT2D eigenvalue weighted by Gasteiger charge is -2.36. The number of aliphatic carboxylic acids is 1. The van der Waals surface area contributed by atoms with Gasteiger partial charge in [-0.1, -0.05) is 77.9 Å². The van der Waals surface area contributed by atoms with Crippen molar-refractivity contribution in [2.24, 2.45) is 11.3 Å². The maximum absolute atomic E-state index is 14.1. The van der Waals surface area contributed by atoms with Gasteiger partial charge in [-0.15, -0.1) is 0 Å². The monoisotopic (exact) mass is 551 g/mol. The second-order valence-electron chi connectivity index (χ2n) is 13.2. The van der Waals surface area contributed by atoms with Gasteiger partial charge in [-0.2, -0.15) is 0 Å². The van der Waals surface area contributed by atoms with Gasteiger partial charge in [0, 0.05) is 41.8 Å². The van der Waals surface area contributed by atoms with Crippen LogP contribution in [0.5, 0.6) is 5.88 Å². The van der Waals surface area contributed by atoms with Crippen LogP contribution in [0, 0.1) is 11.3 Å². The molecule has 8 nitrogen and oxygen atoms in total. The lowest BCUT2D eigenvalue weighted by molar-refractivity contribution is -0.159. The molecule has 218 valence electrons. The standard InChI is InChI=1S/C32H45N3O5/c1-31(2,3)23-17-16-21(28(34-23)39-7)19-33-25-24(32(4,5)6)27(30(37)38)35(26(25)20-13-9-8-10-14-20)29(36)22-15-11-12-18-40-22/h8-10,13-14,16-17,22,24-27,33H,11-12,15,18-19H2,1-7H3,(H,37,38)/t22-,24+,25+,26+,27+/m1/s1. The van der Waals surface area contributed by atoms with Gasteiger partial charge in [0.15, 0.2) is 0 Å². The van der Waals surface area contributed by atoms with Gasteiger partial charge < -0.3 is 24.8 Å². The normalized spacial score (nSPS) is 25.6. The van der Waals surface area contributed by atoms with E-state index in [4.69, 9.17) is 14.5 Å². The van der Waals surface area contributed by atoms with Gasteiger partial charge in [0.05, 0.1) is 13.2 Å². The van der Waals surface area contributed by atoms with Crippen LogP contribution in [-0.2, 0) is 26.3 Å². The van der Waals surface area contributed by atoms with Crippen LogP contribution >= 0.6 is 0 Å². The fourth-order valence-corrected chi connectivity index (χ4v) is 6.26. The van der Waals surface area contributed by atoms with Gasteiger partial charge in [-0.25, -0.2) is 9.78 Å². The van der Waals surface area contributed by atoms with E-state index in [-0.39, 0.29) is 23.3 Å². The number of hydrogen-bond donors (Lipinski definition) is 2. The van der Waals surface area contributed by atoms with E-state index in [9.17, 15) is 14.7 Å². The highest BCUT2D eigenvalue weighted by Crippen LogP contribution is 2.48. The zero-order valence-corrected chi connectivity index (χ0v) is 24.9. The molecule has 2 aliphatic heterocycles. The maximum atomic E-state index is 14.1. The van der Waals surface area contributed by atoms with Gasteiger partial charge in [0.25, 0.3) is 5.91 Å².